The third-order valence-corrected chi connectivity index (χ3v) is 7.56. The van der Waals surface area contributed by atoms with Gasteiger partial charge in [-0.15, -0.1) is 0 Å². The predicted octanol–water partition coefficient (Wildman–Crippen LogP) is 5.48. The molecule has 2 unspecified atom stereocenters. The van der Waals surface area contributed by atoms with Crippen molar-refractivity contribution in [2.24, 2.45) is 23.2 Å². The highest BCUT2D eigenvalue weighted by atomic mass is 19.4. The van der Waals surface area contributed by atoms with Gasteiger partial charge in [0.2, 0.25) is 0 Å². The summed E-state index contributed by atoms with van der Waals surface area (Å²) < 4.78 is 44.2. The molecular formula is C24H27F3N4O. The highest BCUT2D eigenvalue weighted by Crippen LogP contribution is 2.60. The smallest absolute Gasteiger partial charge is 0.363 e. The van der Waals surface area contributed by atoms with Crippen LogP contribution in [0.3, 0.4) is 0 Å². The van der Waals surface area contributed by atoms with Crippen molar-refractivity contribution in [3.63, 3.8) is 0 Å². The normalized spacial score (nSPS) is 31.1. The minimum Gasteiger partial charge on any atom is -0.363 e. The van der Waals surface area contributed by atoms with E-state index in [1.807, 2.05) is 0 Å². The first-order valence-electron chi connectivity index (χ1n) is 11.0. The molecule has 0 heterocycles. The maximum Gasteiger partial charge on any atom is 0.416 e. The third kappa shape index (κ3) is 3.97. The molecule has 170 valence electrons. The van der Waals surface area contributed by atoms with Crippen molar-refractivity contribution in [1.29, 1.82) is 15.9 Å². The van der Waals surface area contributed by atoms with Crippen molar-refractivity contribution in [3.8, 4) is 12.3 Å². The van der Waals surface area contributed by atoms with Crippen LogP contribution in [0.15, 0.2) is 24.3 Å². The topological polar surface area (TPSA) is 83.9 Å². The van der Waals surface area contributed by atoms with E-state index in [4.69, 9.17) is 10.1 Å². The van der Waals surface area contributed by atoms with E-state index in [9.17, 15) is 23.7 Å². The summed E-state index contributed by atoms with van der Waals surface area (Å²) in [4.78, 5) is 1.48. The molecule has 4 saturated carbocycles. The van der Waals surface area contributed by atoms with E-state index in [-0.39, 0.29) is 35.7 Å². The van der Waals surface area contributed by atoms with E-state index < -0.39 is 17.3 Å². The summed E-state index contributed by atoms with van der Waals surface area (Å²) in [5.74, 6) is 1.01. The average molecular weight is 445 g/mol. The summed E-state index contributed by atoms with van der Waals surface area (Å²) in [6, 6.07) is 7.20. The first-order valence-corrected chi connectivity index (χ1v) is 11.0. The molecule has 4 aliphatic rings. The number of ether oxygens (including phenoxy) is 1. The Balaban J connectivity index is 1.45. The number of nitrogens with zero attached hydrogens (tertiary/aromatic N) is 3. The lowest BCUT2D eigenvalue weighted by atomic mass is 9.48. The van der Waals surface area contributed by atoms with Gasteiger partial charge >= 0.3 is 6.18 Å². The molecule has 1 N–H and O–H groups in total. The Morgan fingerprint density at radius 3 is 2.22 bits per heavy atom. The fourth-order valence-corrected chi connectivity index (χ4v) is 6.23. The van der Waals surface area contributed by atoms with Gasteiger partial charge in [0, 0.05) is 0 Å². The number of halogens is 3. The van der Waals surface area contributed by atoms with E-state index in [1.165, 1.54) is 17.0 Å². The van der Waals surface area contributed by atoms with Crippen LogP contribution in [-0.2, 0) is 17.5 Å². The molecule has 0 amide bonds. The van der Waals surface area contributed by atoms with Gasteiger partial charge in [-0.2, -0.15) is 23.7 Å². The molecule has 0 aliphatic heterocycles. The molecule has 1 aromatic rings. The maximum absolute atomic E-state index is 12.8. The van der Waals surface area contributed by atoms with E-state index in [2.05, 4.69) is 12.3 Å². The second-order valence-electron chi connectivity index (χ2n) is 10.2. The van der Waals surface area contributed by atoms with Gasteiger partial charge in [-0.05, 0) is 81.4 Å². The molecular weight excluding hydrogens is 417 g/mol. The molecule has 4 fully saturated rings. The van der Waals surface area contributed by atoms with Gasteiger partial charge in [0.25, 0.3) is 0 Å². The third-order valence-electron chi connectivity index (χ3n) is 7.56. The number of alkyl halides is 3. The van der Waals surface area contributed by atoms with Gasteiger partial charge in [-0.1, -0.05) is 12.1 Å². The van der Waals surface area contributed by atoms with Crippen LogP contribution >= 0.6 is 0 Å². The van der Waals surface area contributed by atoms with Crippen LogP contribution in [0.25, 0.3) is 0 Å². The number of hydrogen-bond acceptors (Lipinski definition) is 4. The van der Waals surface area contributed by atoms with Gasteiger partial charge in [-0.3, -0.25) is 10.3 Å². The largest absolute Gasteiger partial charge is 0.416 e. The molecule has 0 spiro atoms. The molecule has 0 radical (unpaired) electrons. The molecule has 8 heteroatoms. The molecule has 4 bridgehead atoms. The van der Waals surface area contributed by atoms with Crippen LogP contribution in [0.1, 0.15) is 57.1 Å². The Morgan fingerprint density at radius 1 is 1.12 bits per heavy atom. The monoisotopic (exact) mass is 444 g/mol. The zero-order valence-electron chi connectivity index (χ0n) is 18.2. The molecule has 1 aromatic carbocycles. The van der Waals surface area contributed by atoms with Crippen molar-refractivity contribution in [1.82, 2.24) is 4.90 Å². The Bertz CT molecular complexity index is 957. The Morgan fingerprint density at radius 2 is 1.72 bits per heavy atom. The van der Waals surface area contributed by atoms with Crippen molar-refractivity contribution in [2.45, 2.75) is 70.4 Å². The van der Waals surface area contributed by atoms with Crippen LogP contribution in [0.4, 0.5) is 13.2 Å². The zero-order valence-corrected chi connectivity index (χ0v) is 18.2. The van der Waals surface area contributed by atoms with Gasteiger partial charge in [0.1, 0.15) is 11.4 Å². The number of hydrogen-bond donors (Lipinski definition) is 1. The average Bonchev–Trinajstić information content (AvgIpc) is 2.73. The standard InChI is InChI=1S/C24H27F3N4O/c1-22(2,32-12-15-3-5-19(6-4-15)24(25,26)27)21(30)31(14-29)20-17-7-16-8-18(20)11-23(9-16,10-17)13-28/h3-6,16-18,20,30H,7-12H2,1-2H3. The van der Waals surface area contributed by atoms with Crippen LogP contribution in [0.2, 0.25) is 0 Å². The second-order valence-corrected chi connectivity index (χ2v) is 10.2. The summed E-state index contributed by atoms with van der Waals surface area (Å²) in [7, 11) is 0. The molecule has 2 atom stereocenters. The van der Waals surface area contributed by atoms with E-state index in [1.54, 1.807) is 13.8 Å². The Kier molecular flexibility index (Phi) is 5.49. The van der Waals surface area contributed by atoms with E-state index >= 15 is 0 Å². The van der Waals surface area contributed by atoms with E-state index in [0.29, 0.717) is 11.5 Å². The summed E-state index contributed by atoms with van der Waals surface area (Å²) in [5.41, 5.74) is -1.53. The fourth-order valence-electron chi connectivity index (χ4n) is 6.23. The summed E-state index contributed by atoms with van der Waals surface area (Å²) >= 11 is 0. The zero-order chi connectivity index (χ0) is 23.3. The quantitative estimate of drug-likeness (QED) is 0.282. The predicted molar refractivity (Wildman–Crippen MR) is 111 cm³/mol. The fraction of sp³-hybridized carbons (Fsp3) is 0.625. The minimum absolute atomic E-state index is 0.0317. The summed E-state index contributed by atoms with van der Waals surface area (Å²) in [5, 5.41) is 28.5. The molecule has 32 heavy (non-hydrogen) atoms. The molecule has 0 saturated heterocycles. The molecule has 5 nitrogen and oxygen atoms in total. The minimum atomic E-state index is -4.39. The van der Waals surface area contributed by atoms with Gasteiger partial charge in [-0.25, -0.2) is 0 Å². The highest BCUT2D eigenvalue weighted by molar-refractivity contribution is 5.88. The number of amidine groups is 1. The number of nitrogens with one attached hydrogen (secondary N) is 1. The van der Waals surface area contributed by atoms with Gasteiger partial charge in [0.15, 0.2) is 6.19 Å². The van der Waals surface area contributed by atoms with Crippen molar-refractivity contribution in [2.75, 3.05) is 0 Å². The van der Waals surface area contributed by atoms with Crippen molar-refractivity contribution >= 4 is 5.84 Å². The molecule has 4 aliphatic carbocycles. The van der Waals surface area contributed by atoms with Crippen LogP contribution in [-0.4, -0.2) is 22.4 Å². The lowest BCUT2D eigenvalue weighted by Gasteiger charge is -2.59. The number of nitriles is 2. The van der Waals surface area contributed by atoms with Gasteiger partial charge in [0.05, 0.1) is 29.7 Å². The van der Waals surface area contributed by atoms with Crippen LogP contribution in [0, 0.1) is 51.4 Å². The first-order chi connectivity index (χ1) is 15.0. The Hall–Kier alpha value is -2.58. The van der Waals surface area contributed by atoms with Crippen LogP contribution in [0.5, 0.6) is 0 Å². The summed E-state index contributed by atoms with van der Waals surface area (Å²) in [6.07, 6.45) is 2.30. The Labute approximate surface area is 186 Å². The van der Waals surface area contributed by atoms with Crippen LogP contribution < -0.4 is 0 Å². The van der Waals surface area contributed by atoms with Crippen molar-refractivity contribution < 1.29 is 17.9 Å². The van der Waals surface area contributed by atoms with E-state index in [0.717, 1.165) is 44.2 Å². The van der Waals surface area contributed by atoms with Crippen molar-refractivity contribution in [3.05, 3.63) is 35.4 Å². The van der Waals surface area contributed by atoms with Gasteiger partial charge < -0.3 is 4.74 Å². The second kappa shape index (κ2) is 7.78. The number of rotatable bonds is 5. The lowest BCUT2D eigenvalue weighted by molar-refractivity contribution is -0.137. The SMILES string of the molecule is CC(C)(OCc1ccc(C(F)(F)F)cc1)C(=N)N(C#N)C1C2CC3CC1CC(C#N)(C3)C2. The lowest BCUT2D eigenvalue weighted by Crippen LogP contribution is -2.61. The molecule has 5 rings (SSSR count). The highest BCUT2D eigenvalue weighted by Gasteiger charge is 2.58. The number of benzene rings is 1. The summed E-state index contributed by atoms with van der Waals surface area (Å²) in [6.45, 7) is 3.44. The maximum atomic E-state index is 12.8. The first kappa shape index (κ1) is 22.6. The molecule has 0 aromatic heterocycles.